The molecule has 2 heterocycles. The first-order chi connectivity index (χ1) is 10.7. The lowest BCUT2D eigenvalue weighted by atomic mass is 9.77. The van der Waals surface area contributed by atoms with Gasteiger partial charge in [-0.25, -0.2) is 4.98 Å². The number of hydrogen-bond acceptors (Lipinski definition) is 4. The predicted molar refractivity (Wildman–Crippen MR) is 84.5 cm³/mol. The molecule has 5 nitrogen and oxygen atoms in total. The number of aliphatic hydroxyl groups is 1. The fourth-order valence-corrected chi connectivity index (χ4v) is 3.03. The fourth-order valence-electron chi connectivity index (χ4n) is 3.03. The van der Waals surface area contributed by atoms with Gasteiger partial charge in [0.1, 0.15) is 5.69 Å². The molecule has 0 atom stereocenters. The van der Waals surface area contributed by atoms with Gasteiger partial charge in [0.05, 0.1) is 17.2 Å². The summed E-state index contributed by atoms with van der Waals surface area (Å²) in [6.07, 6.45) is 4.18. The molecule has 0 radical (unpaired) electrons. The normalized spacial score (nSPS) is 17.6. The summed E-state index contributed by atoms with van der Waals surface area (Å²) in [6, 6.07) is 7.54. The first-order valence-electron chi connectivity index (χ1n) is 7.79. The molecule has 0 spiro atoms. The van der Waals surface area contributed by atoms with Gasteiger partial charge >= 0.3 is 0 Å². The van der Waals surface area contributed by atoms with Crippen molar-refractivity contribution < 1.29 is 9.90 Å². The molecule has 1 amide bonds. The minimum Gasteiger partial charge on any atom is -0.396 e. The number of aromatic nitrogens is 2. The van der Waals surface area contributed by atoms with Crippen LogP contribution in [0.4, 0.5) is 0 Å². The molecule has 5 heteroatoms. The van der Waals surface area contributed by atoms with Gasteiger partial charge in [-0.3, -0.25) is 9.78 Å². The first kappa shape index (κ1) is 14.9. The van der Waals surface area contributed by atoms with Crippen molar-refractivity contribution in [3.8, 4) is 0 Å². The molecule has 1 fully saturated rings. The van der Waals surface area contributed by atoms with Gasteiger partial charge in [0.15, 0.2) is 0 Å². The first-order valence-corrected chi connectivity index (χ1v) is 7.79. The zero-order chi connectivity index (χ0) is 15.6. The number of aliphatic hydroxyl groups excluding tert-OH is 1. The third-order valence-corrected chi connectivity index (χ3v) is 4.86. The second-order valence-corrected chi connectivity index (χ2v) is 6.05. The maximum atomic E-state index is 12.6. The number of likely N-dealkylation sites (tertiary alicyclic amines) is 1. The van der Waals surface area contributed by atoms with E-state index in [0.29, 0.717) is 18.8 Å². The Morgan fingerprint density at radius 3 is 2.59 bits per heavy atom. The van der Waals surface area contributed by atoms with Crippen LogP contribution >= 0.6 is 0 Å². The molecule has 0 saturated carbocycles. The van der Waals surface area contributed by atoms with Gasteiger partial charge < -0.3 is 10.0 Å². The molecule has 2 aromatic rings. The molecule has 1 aliphatic rings. The molecular formula is C17H21N3O2. The van der Waals surface area contributed by atoms with E-state index in [2.05, 4.69) is 16.9 Å². The van der Waals surface area contributed by atoms with Crippen LogP contribution in [0.2, 0.25) is 0 Å². The summed E-state index contributed by atoms with van der Waals surface area (Å²) >= 11 is 0. The van der Waals surface area contributed by atoms with E-state index in [1.165, 1.54) is 0 Å². The SMILES string of the molecule is CCC1(CO)CCN(C(=O)c2cnc3ccccc3n2)CC1. The topological polar surface area (TPSA) is 66.3 Å². The van der Waals surface area contributed by atoms with Crippen molar-refractivity contribution >= 4 is 16.9 Å². The maximum absolute atomic E-state index is 12.6. The van der Waals surface area contributed by atoms with Gasteiger partial charge in [0.25, 0.3) is 5.91 Å². The lowest BCUT2D eigenvalue weighted by Crippen LogP contribution is -2.44. The van der Waals surface area contributed by atoms with E-state index in [-0.39, 0.29) is 17.9 Å². The Balaban J connectivity index is 1.76. The Labute approximate surface area is 130 Å². The number of carbonyl (C=O) groups is 1. The van der Waals surface area contributed by atoms with Crippen molar-refractivity contribution in [2.24, 2.45) is 5.41 Å². The molecule has 1 N–H and O–H groups in total. The molecule has 1 aliphatic heterocycles. The third-order valence-electron chi connectivity index (χ3n) is 4.86. The van der Waals surface area contributed by atoms with E-state index in [4.69, 9.17) is 0 Å². The number of carbonyl (C=O) groups excluding carboxylic acids is 1. The lowest BCUT2D eigenvalue weighted by Gasteiger charge is -2.40. The zero-order valence-corrected chi connectivity index (χ0v) is 12.8. The van der Waals surface area contributed by atoms with Gasteiger partial charge in [-0.1, -0.05) is 19.1 Å². The minimum absolute atomic E-state index is 0.0220. The summed E-state index contributed by atoms with van der Waals surface area (Å²) in [5.41, 5.74) is 1.91. The van der Waals surface area contributed by atoms with Crippen molar-refractivity contribution in [2.45, 2.75) is 26.2 Å². The molecule has 1 aromatic heterocycles. The van der Waals surface area contributed by atoms with Gasteiger partial charge in [0, 0.05) is 19.7 Å². The summed E-state index contributed by atoms with van der Waals surface area (Å²) in [5.74, 6) is -0.0686. The van der Waals surface area contributed by atoms with Gasteiger partial charge in [-0.05, 0) is 36.8 Å². The summed E-state index contributed by atoms with van der Waals surface area (Å²) < 4.78 is 0. The average molecular weight is 299 g/mol. The van der Waals surface area contributed by atoms with Crippen LogP contribution in [-0.2, 0) is 0 Å². The molecular weight excluding hydrogens is 278 g/mol. The third kappa shape index (κ3) is 2.68. The summed E-state index contributed by atoms with van der Waals surface area (Å²) in [6.45, 7) is 3.63. The highest BCUT2D eigenvalue weighted by Gasteiger charge is 2.34. The van der Waals surface area contributed by atoms with Crippen molar-refractivity contribution in [3.05, 3.63) is 36.2 Å². The molecule has 22 heavy (non-hydrogen) atoms. The second kappa shape index (κ2) is 6.01. The Morgan fingerprint density at radius 1 is 1.27 bits per heavy atom. The Hall–Kier alpha value is -2.01. The van der Waals surface area contributed by atoms with E-state index in [1.807, 2.05) is 29.2 Å². The van der Waals surface area contributed by atoms with Crippen LogP contribution in [0.3, 0.4) is 0 Å². The smallest absolute Gasteiger partial charge is 0.274 e. The van der Waals surface area contributed by atoms with Crippen LogP contribution in [-0.4, -0.2) is 45.6 Å². The lowest BCUT2D eigenvalue weighted by molar-refractivity contribution is 0.0334. The highest BCUT2D eigenvalue weighted by Crippen LogP contribution is 2.34. The molecule has 0 aliphatic carbocycles. The van der Waals surface area contributed by atoms with Crippen LogP contribution in [0, 0.1) is 5.41 Å². The van der Waals surface area contributed by atoms with Crippen molar-refractivity contribution in [3.63, 3.8) is 0 Å². The van der Waals surface area contributed by atoms with Crippen LogP contribution < -0.4 is 0 Å². The molecule has 3 rings (SSSR count). The van der Waals surface area contributed by atoms with Crippen molar-refractivity contribution in [1.29, 1.82) is 0 Å². The summed E-state index contributed by atoms with van der Waals surface area (Å²) in [5, 5.41) is 9.58. The number of benzene rings is 1. The van der Waals surface area contributed by atoms with Crippen LogP contribution in [0.25, 0.3) is 11.0 Å². The number of nitrogens with zero attached hydrogens (tertiary/aromatic N) is 3. The highest BCUT2D eigenvalue weighted by atomic mass is 16.3. The molecule has 0 unspecified atom stereocenters. The Morgan fingerprint density at radius 2 is 1.95 bits per heavy atom. The molecule has 0 bridgehead atoms. The number of para-hydroxylation sites is 2. The second-order valence-electron chi connectivity index (χ2n) is 6.05. The molecule has 1 saturated heterocycles. The molecule has 116 valence electrons. The van der Waals surface area contributed by atoms with E-state index in [0.717, 1.165) is 30.3 Å². The number of fused-ring (bicyclic) bond motifs is 1. The highest BCUT2D eigenvalue weighted by molar-refractivity contribution is 5.93. The zero-order valence-electron chi connectivity index (χ0n) is 12.8. The van der Waals surface area contributed by atoms with Gasteiger partial charge in [-0.2, -0.15) is 0 Å². The van der Waals surface area contributed by atoms with E-state index in [9.17, 15) is 9.90 Å². The van der Waals surface area contributed by atoms with Crippen molar-refractivity contribution in [2.75, 3.05) is 19.7 Å². The van der Waals surface area contributed by atoms with Gasteiger partial charge in [-0.15, -0.1) is 0 Å². The Bertz CT molecular complexity index is 672. The van der Waals surface area contributed by atoms with E-state index in [1.54, 1.807) is 6.20 Å². The van der Waals surface area contributed by atoms with Crippen LogP contribution in [0.1, 0.15) is 36.7 Å². The van der Waals surface area contributed by atoms with E-state index < -0.39 is 0 Å². The number of piperidine rings is 1. The average Bonchev–Trinajstić information content (AvgIpc) is 2.61. The summed E-state index contributed by atoms with van der Waals surface area (Å²) in [7, 11) is 0. The standard InChI is InChI=1S/C17H21N3O2/c1-2-17(12-21)7-9-20(10-8-17)16(22)15-11-18-13-5-3-4-6-14(13)19-15/h3-6,11,21H,2,7-10,12H2,1H3. The van der Waals surface area contributed by atoms with Gasteiger partial charge in [0.2, 0.25) is 0 Å². The van der Waals surface area contributed by atoms with Crippen LogP contribution in [0.15, 0.2) is 30.5 Å². The monoisotopic (exact) mass is 299 g/mol. The van der Waals surface area contributed by atoms with Crippen molar-refractivity contribution in [1.82, 2.24) is 14.9 Å². The Kier molecular flexibility index (Phi) is 4.07. The molecule has 1 aromatic carbocycles. The number of hydrogen-bond donors (Lipinski definition) is 1. The number of rotatable bonds is 3. The van der Waals surface area contributed by atoms with E-state index >= 15 is 0 Å². The summed E-state index contributed by atoms with van der Waals surface area (Å²) in [4.78, 5) is 23.1. The minimum atomic E-state index is -0.0686. The van der Waals surface area contributed by atoms with Crippen LogP contribution in [0.5, 0.6) is 0 Å². The predicted octanol–water partition coefficient (Wildman–Crippen LogP) is 2.25. The largest absolute Gasteiger partial charge is 0.396 e. The maximum Gasteiger partial charge on any atom is 0.274 e. The number of amides is 1. The fraction of sp³-hybridized carbons (Fsp3) is 0.471. The quantitative estimate of drug-likeness (QED) is 0.944.